The van der Waals surface area contributed by atoms with Crippen LogP contribution in [0.15, 0.2) is 121 Å². The van der Waals surface area contributed by atoms with Gasteiger partial charge in [-0.25, -0.2) is 8.42 Å². The van der Waals surface area contributed by atoms with Crippen molar-refractivity contribution in [1.29, 1.82) is 0 Å². The first kappa shape index (κ1) is 38.6. The molecule has 0 aliphatic carbocycles. The number of hydrogen-bond acceptors (Lipinski definition) is 10. The molecule has 5 atom stereocenters. The van der Waals surface area contributed by atoms with E-state index in [0.717, 1.165) is 40.4 Å². The molecule has 14 nitrogen and oxygen atoms in total. The van der Waals surface area contributed by atoms with Gasteiger partial charge in [0, 0.05) is 38.7 Å². The molecule has 5 rings (SSSR count). The molecule has 0 unspecified atom stereocenters. The van der Waals surface area contributed by atoms with Gasteiger partial charge in [0.2, 0.25) is 21.8 Å². The van der Waals surface area contributed by atoms with E-state index in [1.54, 1.807) is 24.3 Å². The van der Waals surface area contributed by atoms with Gasteiger partial charge >= 0.3 is 5.97 Å². The first-order chi connectivity index (χ1) is 25.4. The van der Waals surface area contributed by atoms with E-state index in [0.29, 0.717) is 11.3 Å². The second-order valence-corrected chi connectivity index (χ2v) is 14.3. The summed E-state index contributed by atoms with van der Waals surface area (Å²) in [5, 5.41) is 14.3. The first-order valence-corrected chi connectivity index (χ1v) is 18.1. The van der Waals surface area contributed by atoms with Gasteiger partial charge < -0.3 is 24.4 Å². The molecule has 0 spiro atoms. The minimum atomic E-state index is -4.49. The number of esters is 1. The number of amides is 2. The fourth-order valence-electron chi connectivity index (χ4n) is 6.79. The Morgan fingerprint density at radius 2 is 1.74 bits per heavy atom. The molecule has 15 heteroatoms. The van der Waals surface area contributed by atoms with E-state index in [1.165, 1.54) is 37.2 Å². The van der Waals surface area contributed by atoms with E-state index in [9.17, 15) is 32.9 Å². The molecule has 0 bridgehead atoms. The molecule has 3 aromatic rings. The van der Waals surface area contributed by atoms with Gasteiger partial charge in [-0.1, -0.05) is 54.6 Å². The standard InChI is InChI=1S/C38H40N4O10S/c1-5-7-22-41(53(48,49)31-19-15-29(16-20-31)42(46)47)34-32(6-2)52-38(21-23-51-26(3)43)33(34)37(45)40(25-28-13-17-30(50-4)18-14-28)35(38)36(44)39-24-27-11-9-8-10-12-27/h5-6,8-21,23,32-35H,1-2,7,22,24-25H2,3-4H3,(H,39,44)/b23-21+/t32-,33+,34+,35-,38+/m1/s1. The molecule has 2 heterocycles. The van der Waals surface area contributed by atoms with Crippen LogP contribution in [0.25, 0.3) is 0 Å². The van der Waals surface area contributed by atoms with Crippen molar-refractivity contribution in [3.8, 4) is 5.75 Å². The summed E-state index contributed by atoms with van der Waals surface area (Å²) in [6, 6.07) is 17.7. The number of methoxy groups -OCH3 is 1. The maximum atomic E-state index is 15.0. The van der Waals surface area contributed by atoms with E-state index in [2.05, 4.69) is 18.5 Å². The maximum Gasteiger partial charge on any atom is 0.307 e. The molecule has 1 N–H and O–H groups in total. The van der Waals surface area contributed by atoms with Gasteiger partial charge in [-0.3, -0.25) is 24.5 Å². The van der Waals surface area contributed by atoms with Gasteiger partial charge in [0.15, 0.2) is 0 Å². The predicted octanol–water partition coefficient (Wildman–Crippen LogP) is 4.28. The third kappa shape index (κ3) is 7.91. The molecule has 53 heavy (non-hydrogen) atoms. The average Bonchev–Trinajstić information content (AvgIpc) is 3.59. The van der Waals surface area contributed by atoms with Crippen LogP contribution in [0.5, 0.6) is 5.75 Å². The van der Waals surface area contributed by atoms with Crippen LogP contribution < -0.4 is 10.1 Å². The fraction of sp³-hybridized carbons (Fsp3) is 0.289. The Morgan fingerprint density at radius 3 is 2.32 bits per heavy atom. The molecular formula is C38H40N4O10S. The van der Waals surface area contributed by atoms with Crippen molar-refractivity contribution in [3.63, 3.8) is 0 Å². The normalized spacial score (nSPS) is 22.4. The van der Waals surface area contributed by atoms with Gasteiger partial charge in [-0.05, 0) is 47.9 Å². The number of benzene rings is 3. The lowest BCUT2D eigenvalue weighted by molar-refractivity contribution is -0.384. The van der Waals surface area contributed by atoms with Crippen molar-refractivity contribution < 1.29 is 41.9 Å². The molecule has 278 valence electrons. The first-order valence-electron chi connectivity index (χ1n) is 16.7. The Morgan fingerprint density at radius 1 is 1.06 bits per heavy atom. The Kier molecular flexibility index (Phi) is 11.9. The zero-order chi connectivity index (χ0) is 38.3. The van der Waals surface area contributed by atoms with Crippen LogP contribution in [0.4, 0.5) is 5.69 Å². The third-order valence-electron chi connectivity index (χ3n) is 9.20. The summed E-state index contributed by atoms with van der Waals surface area (Å²) in [4.78, 5) is 53.2. The average molecular weight is 745 g/mol. The summed E-state index contributed by atoms with van der Waals surface area (Å²) in [7, 11) is -2.98. The van der Waals surface area contributed by atoms with Crippen molar-refractivity contribution >= 4 is 33.5 Å². The van der Waals surface area contributed by atoms with Crippen molar-refractivity contribution in [2.75, 3.05) is 13.7 Å². The molecule has 2 amide bonds. The number of carbonyl (C=O) groups is 3. The zero-order valence-electron chi connectivity index (χ0n) is 29.2. The van der Waals surface area contributed by atoms with Crippen molar-refractivity contribution in [2.24, 2.45) is 5.92 Å². The topological polar surface area (TPSA) is 175 Å². The Balaban J connectivity index is 1.68. The molecule has 3 aromatic carbocycles. The zero-order valence-corrected chi connectivity index (χ0v) is 30.0. The van der Waals surface area contributed by atoms with Gasteiger partial charge in [-0.2, -0.15) is 4.31 Å². The number of nitrogens with zero attached hydrogens (tertiary/aromatic N) is 3. The largest absolute Gasteiger partial charge is 0.497 e. The number of fused-ring (bicyclic) bond motifs is 1. The second kappa shape index (κ2) is 16.4. The molecule has 2 fully saturated rings. The third-order valence-corrected chi connectivity index (χ3v) is 11.1. The lowest BCUT2D eigenvalue weighted by Crippen LogP contribution is -2.55. The number of nitro benzene ring substituents is 1. The molecular weight excluding hydrogens is 705 g/mol. The van der Waals surface area contributed by atoms with Crippen LogP contribution in [-0.4, -0.2) is 77.8 Å². The molecule has 2 saturated heterocycles. The molecule has 0 aromatic heterocycles. The van der Waals surface area contributed by atoms with Crippen LogP contribution in [0.1, 0.15) is 24.5 Å². The van der Waals surface area contributed by atoms with Gasteiger partial charge in [0.05, 0.1) is 41.3 Å². The number of non-ortho nitro benzene ring substituents is 1. The highest BCUT2D eigenvalue weighted by Crippen LogP contribution is 2.51. The van der Waals surface area contributed by atoms with Crippen LogP contribution >= 0.6 is 0 Å². The minimum Gasteiger partial charge on any atom is -0.497 e. The van der Waals surface area contributed by atoms with Crippen LogP contribution in [0.3, 0.4) is 0 Å². The quantitative estimate of drug-likeness (QED) is 0.0733. The van der Waals surface area contributed by atoms with Crippen LogP contribution in [0.2, 0.25) is 0 Å². The maximum absolute atomic E-state index is 15.0. The summed E-state index contributed by atoms with van der Waals surface area (Å²) >= 11 is 0. The van der Waals surface area contributed by atoms with Crippen molar-refractivity contribution in [1.82, 2.24) is 14.5 Å². The molecule has 2 aliphatic heterocycles. The number of rotatable bonds is 16. The number of nitro groups is 1. The minimum absolute atomic E-state index is 0.0809. The summed E-state index contributed by atoms with van der Waals surface area (Å²) in [5.41, 5.74) is -0.778. The highest BCUT2D eigenvalue weighted by molar-refractivity contribution is 7.89. The van der Waals surface area contributed by atoms with Gasteiger partial charge in [0.25, 0.3) is 5.69 Å². The van der Waals surface area contributed by atoms with Crippen molar-refractivity contribution in [2.45, 2.75) is 55.1 Å². The Bertz CT molecular complexity index is 1990. The monoisotopic (exact) mass is 744 g/mol. The number of carbonyl (C=O) groups excluding carboxylic acids is 3. The van der Waals surface area contributed by atoms with Crippen LogP contribution in [0, 0.1) is 16.0 Å². The predicted molar refractivity (Wildman–Crippen MR) is 193 cm³/mol. The van der Waals surface area contributed by atoms with E-state index < -0.39 is 62.4 Å². The second-order valence-electron chi connectivity index (χ2n) is 12.4. The Labute approximate surface area is 307 Å². The van der Waals surface area contributed by atoms with E-state index in [-0.39, 0.29) is 36.6 Å². The van der Waals surface area contributed by atoms with E-state index >= 15 is 0 Å². The molecule has 0 radical (unpaired) electrons. The van der Waals surface area contributed by atoms with Crippen LogP contribution in [-0.2, 0) is 47.0 Å². The number of likely N-dealkylation sites (tertiary alicyclic amines) is 1. The smallest absolute Gasteiger partial charge is 0.307 e. The van der Waals surface area contributed by atoms with Gasteiger partial charge in [0.1, 0.15) is 17.4 Å². The number of ether oxygens (including phenoxy) is 3. The number of nitrogens with one attached hydrogen (secondary N) is 1. The highest BCUT2D eigenvalue weighted by atomic mass is 32.2. The summed E-state index contributed by atoms with van der Waals surface area (Å²) in [6.45, 7) is 8.67. The Hall–Kier alpha value is -5.64. The fourth-order valence-corrected chi connectivity index (χ4v) is 8.45. The lowest BCUT2D eigenvalue weighted by atomic mass is 9.81. The summed E-state index contributed by atoms with van der Waals surface area (Å²) < 4.78 is 47.2. The van der Waals surface area contributed by atoms with Crippen molar-refractivity contribution in [3.05, 3.63) is 138 Å². The molecule has 2 aliphatic rings. The highest BCUT2D eigenvalue weighted by Gasteiger charge is 2.71. The lowest BCUT2D eigenvalue weighted by Gasteiger charge is -2.34. The molecule has 0 saturated carbocycles. The van der Waals surface area contributed by atoms with E-state index in [1.807, 2.05) is 30.3 Å². The van der Waals surface area contributed by atoms with E-state index in [4.69, 9.17) is 14.2 Å². The van der Waals surface area contributed by atoms with Gasteiger partial charge in [-0.15, -0.1) is 13.2 Å². The SMILES string of the molecule is C=CCCN([C@@H]1[C@H]2C(=O)N(Cc3ccc(OC)cc3)[C@H](C(=O)NCc3ccccc3)[C@@]2(/C=C/OC(C)=O)O[C@@H]1C=C)S(=O)(=O)c1ccc([N+](=O)[O-])cc1. The summed E-state index contributed by atoms with van der Waals surface area (Å²) in [6.07, 6.45) is 4.22. The number of sulfonamides is 1. The number of hydrogen-bond donors (Lipinski definition) is 1. The summed E-state index contributed by atoms with van der Waals surface area (Å²) in [5.74, 6) is -2.69.